The number of halogens is 3. The number of anilines is 1. The van der Waals surface area contributed by atoms with Gasteiger partial charge in [-0.3, -0.25) is 4.79 Å². The number of aryl methyl sites for hydroxylation is 2. The monoisotopic (exact) mass is 356 g/mol. The van der Waals surface area contributed by atoms with E-state index in [1.165, 1.54) is 6.20 Å². The number of amides is 1. The first kappa shape index (κ1) is 17.1. The zero-order valence-electron chi connectivity index (χ0n) is 12.2. The Morgan fingerprint density at radius 2 is 1.68 bits per heavy atom. The molecule has 2 rings (SSSR count). The van der Waals surface area contributed by atoms with Gasteiger partial charge in [-0.15, -0.1) is 0 Å². The summed E-state index contributed by atoms with van der Waals surface area (Å²) in [5.41, 5.74) is 2.98. The molecule has 1 heterocycles. The quantitative estimate of drug-likeness (QED) is 0.794. The lowest BCUT2D eigenvalue weighted by molar-refractivity contribution is 0.102. The minimum absolute atomic E-state index is 0.0543. The number of aromatic nitrogens is 1. The lowest BCUT2D eigenvalue weighted by atomic mass is 10.0. The summed E-state index contributed by atoms with van der Waals surface area (Å²) in [4.78, 5) is 16.5. The lowest BCUT2D eigenvalue weighted by Gasteiger charge is -2.14. The minimum Gasteiger partial charge on any atom is -0.320 e. The molecule has 1 N–H and O–H groups in total. The first-order valence-electron chi connectivity index (χ1n) is 6.91. The van der Waals surface area contributed by atoms with E-state index in [1.807, 2.05) is 32.0 Å². The van der Waals surface area contributed by atoms with Crippen LogP contribution >= 0.6 is 34.8 Å². The summed E-state index contributed by atoms with van der Waals surface area (Å²) >= 11 is 17.9. The van der Waals surface area contributed by atoms with Crippen LogP contribution in [0.3, 0.4) is 0 Å². The molecule has 1 aromatic heterocycles. The molecule has 0 aliphatic rings. The highest BCUT2D eigenvalue weighted by Gasteiger charge is 2.19. The standard InChI is InChI=1S/C16H15Cl3N2O/c1-3-9-6-5-7-10(4-2)14(9)21-16(22)15-13(19)12(18)11(17)8-20-15/h5-8H,3-4H2,1-2H3,(H,21,22). The van der Waals surface area contributed by atoms with Gasteiger partial charge in [0, 0.05) is 11.9 Å². The van der Waals surface area contributed by atoms with E-state index in [9.17, 15) is 4.79 Å². The Labute approximate surface area is 144 Å². The van der Waals surface area contributed by atoms with Gasteiger partial charge in [0.05, 0.1) is 15.1 Å². The van der Waals surface area contributed by atoms with Crippen molar-refractivity contribution in [3.63, 3.8) is 0 Å². The third-order valence-electron chi connectivity index (χ3n) is 3.37. The number of rotatable bonds is 4. The van der Waals surface area contributed by atoms with E-state index in [0.29, 0.717) is 0 Å². The second-order valence-corrected chi connectivity index (χ2v) is 5.86. The fraction of sp³-hybridized carbons (Fsp3) is 0.250. The van der Waals surface area contributed by atoms with Gasteiger partial charge in [0.15, 0.2) is 0 Å². The number of benzene rings is 1. The molecule has 6 heteroatoms. The Hall–Kier alpha value is -1.29. The zero-order valence-corrected chi connectivity index (χ0v) is 14.5. The van der Waals surface area contributed by atoms with Crippen LogP contribution < -0.4 is 5.32 Å². The summed E-state index contributed by atoms with van der Waals surface area (Å²) in [5, 5.41) is 3.29. The Kier molecular flexibility index (Phi) is 5.68. The van der Waals surface area contributed by atoms with Gasteiger partial charge in [-0.05, 0) is 24.0 Å². The van der Waals surface area contributed by atoms with E-state index >= 15 is 0 Å². The molecular formula is C16H15Cl3N2O. The smallest absolute Gasteiger partial charge is 0.275 e. The Balaban J connectivity index is 2.40. The van der Waals surface area contributed by atoms with Gasteiger partial charge >= 0.3 is 0 Å². The molecule has 0 atom stereocenters. The fourth-order valence-corrected chi connectivity index (χ4v) is 2.74. The third kappa shape index (κ3) is 3.37. The number of pyridine rings is 1. The molecule has 3 nitrogen and oxygen atoms in total. The molecule has 1 aromatic carbocycles. The Bertz CT molecular complexity index is 695. The summed E-state index contributed by atoms with van der Waals surface area (Å²) in [5.74, 6) is -0.404. The van der Waals surface area contributed by atoms with Gasteiger partial charge in [0.2, 0.25) is 0 Å². The van der Waals surface area contributed by atoms with Gasteiger partial charge in [0.1, 0.15) is 5.69 Å². The maximum absolute atomic E-state index is 12.5. The number of hydrogen-bond acceptors (Lipinski definition) is 2. The van der Waals surface area contributed by atoms with Gasteiger partial charge in [-0.25, -0.2) is 4.98 Å². The summed E-state index contributed by atoms with van der Waals surface area (Å²) in [6, 6.07) is 5.95. The van der Waals surface area contributed by atoms with Crippen LogP contribution in [0.5, 0.6) is 0 Å². The fourth-order valence-electron chi connectivity index (χ4n) is 2.18. The SMILES string of the molecule is CCc1cccc(CC)c1NC(=O)c1ncc(Cl)c(Cl)c1Cl. The average molecular weight is 358 g/mol. The Morgan fingerprint density at radius 1 is 1.09 bits per heavy atom. The molecule has 116 valence electrons. The molecule has 22 heavy (non-hydrogen) atoms. The van der Waals surface area contributed by atoms with E-state index in [4.69, 9.17) is 34.8 Å². The topological polar surface area (TPSA) is 42.0 Å². The second-order valence-electron chi connectivity index (χ2n) is 4.70. The van der Waals surface area contributed by atoms with Crippen molar-refractivity contribution in [2.75, 3.05) is 5.32 Å². The predicted molar refractivity (Wildman–Crippen MR) is 92.4 cm³/mol. The normalized spacial score (nSPS) is 10.6. The molecule has 0 spiro atoms. The van der Waals surface area contributed by atoms with Crippen molar-refractivity contribution in [3.05, 3.63) is 56.3 Å². The van der Waals surface area contributed by atoms with Gasteiger partial charge in [-0.1, -0.05) is 66.8 Å². The van der Waals surface area contributed by atoms with Crippen molar-refractivity contribution in [1.29, 1.82) is 0 Å². The maximum atomic E-state index is 12.5. The molecular weight excluding hydrogens is 343 g/mol. The molecule has 0 radical (unpaired) electrons. The van der Waals surface area contributed by atoms with Crippen LogP contribution in [-0.4, -0.2) is 10.9 Å². The first-order chi connectivity index (χ1) is 10.5. The largest absolute Gasteiger partial charge is 0.320 e. The molecule has 1 amide bonds. The van der Waals surface area contributed by atoms with Gasteiger partial charge < -0.3 is 5.32 Å². The number of nitrogens with zero attached hydrogens (tertiary/aromatic N) is 1. The number of para-hydroxylation sites is 1. The van der Waals surface area contributed by atoms with Crippen LogP contribution in [0.25, 0.3) is 0 Å². The highest BCUT2D eigenvalue weighted by molar-refractivity contribution is 6.49. The van der Waals surface area contributed by atoms with Crippen molar-refractivity contribution < 1.29 is 4.79 Å². The van der Waals surface area contributed by atoms with Crippen LogP contribution in [0, 0.1) is 0 Å². The minimum atomic E-state index is -0.404. The molecule has 0 unspecified atom stereocenters. The van der Waals surface area contributed by atoms with Gasteiger partial charge in [-0.2, -0.15) is 0 Å². The molecule has 0 fully saturated rings. The molecule has 0 aliphatic carbocycles. The summed E-state index contributed by atoms with van der Waals surface area (Å²) in [7, 11) is 0. The van der Waals surface area contributed by atoms with E-state index in [0.717, 1.165) is 29.7 Å². The molecule has 0 saturated carbocycles. The maximum Gasteiger partial charge on any atom is 0.275 e. The molecule has 2 aromatic rings. The summed E-state index contributed by atoms with van der Waals surface area (Å²) < 4.78 is 0. The molecule has 0 bridgehead atoms. The number of hydrogen-bond donors (Lipinski definition) is 1. The molecule has 0 aliphatic heterocycles. The van der Waals surface area contributed by atoms with E-state index in [1.54, 1.807) is 0 Å². The van der Waals surface area contributed by atoms with Crippen molar-refractivity contribution in [3.8, 4) is 0 Å². The highest BCUT2D eigenvalue weighted by Crippen LogP contribution is 2.32. The van der Waals surface area contributed by atoms with Crippen LogP contribution in [0.2, 0.25) is 15.1 Å². The first-order valence-corrected chi connectivity index (χ1v) is 8.04. The number of nitrogens with one attached hydrogen (secondary N) is 1. The summed E-state index contributed by atoms with van der Waals surface area (Å²) in [6.45, 7) is 4.07. The second kappa shape index (κ2) is 7.32. The van der Waals surface area contributed by atoms with Crippen molar-refractivity contribution in [1.82, 2.24) is 4.98 Å². The van der Waals surface area contributed by atoms with E-state index in [-0.39, 0.29) is 20.8 Å². The number of carbonyl (C=O) groups is 1. The van der Waals surface area contributed by atoms with Crippen LogP contribution in [-0.2, 0) is 12.8 Å². The van der Waals surface area contributed by atoms with Crippen molar-refractivity contribution in [2.24, 2.45) is 0 Å². The van der Waals surface area contributed by atoms with Crippen LogP contribution in [0.15, 0.2) is 24.4 Å². The van der Waals surface area contributed by atoms with Gasteiger partial charge in [0.25, 0.3) is 5.91 Å². The zero-order chi connectivity index (χ0) is 16.3. The summed E-state index contributed by atoms with van der Waals surface area (Å²) in [6.07, 6.45) is 2.94. The van der Waals surface area contributed by atoms with E-state index < -0.39 is 5.91 Å². The molecule has 0 saturated heterocycles. The lowest BCUT2D eigenvalue weighted by Crippen LogP contribution is -2.17. The number of carbonyl (C=O) groups excluding carboxylic acids is 1. The highest BCUT2D eigenvalue weighted by atomic mass is 35.5. The predicted octanol–water partition coefficient (Wildman–Crippen LogP) is 5.42. The van der Waals surface area contributed by atoms with Crippen LogP contribution in [0.1, 0.15) is 35.5 Å². The average Bonchev–Trinajstić information content (AvgIpc) is 2.52. The van der Waals surface area contributed by atoms with E-state index in [2.05, 4.69) is 10.3 Å². The third-order valence-corrected chi connectivity index (χ3v) is 4.61. The Morgan fingerprint density at radius 3 is 2.23 bits per heavy atom. The van der Waals surface area contributed by atoms with Crippen molar-refractivity contribution >= 4 is 46.4 Å². The van der Waals surface area contributed by atoms with Crippen LogP contribution in [0.4, 0.5) is 5.69 Å². The van der Waals surface area contributed by atoms with Crippen molar-refractivity contribution in [2.45, 2.75) is 26.7 Å².